The van der Waals surface area contributed by atoms with Crippen LogP contribution in [-0.4, -0.2) is 10.9 Å². The van der Waals surface area contributed by atoms with Crippen molar-refractivity contribution in [3.63, 3.8) is 0 Å². The third kappa shape index (κ3) is 2.29. The number of carbonyl (C=O) groups excluding carboxylic acids is 1. The molecule has 102 valence electrons. The summed E-state index contributed by atoms with van der Waals surface area (Å²) in [6.45, 7) is 0. The second-order valence-corrected chi connectivity index (χ2v) is 5.75. The molecule has 1 amide bonds. The van der Waals surface area contributed by atoms with Gasteiger partial charge in [-0.05, 0) is 58.6 Å². The van der Waals surface area contributed by atoms with Gasteiger partial charge in [-0.25, -0.2) is 4.98 Å². The number of nitrogens with two attached hydrogens (primary N) is 1. The molecule has 1 heterocycles. The fourth-order valence-corrected chi connectivity index (χ4v) is 2.64. The molecular weight excluding hydrogens is 318 g/mol. The number of hydrogen-bond donors (Lipinski definition) is 2. The fourth-order valence-electron chi connectivity index (χ4n) is 2.30. The van der Waals surface area contributed by atoms with Gasteiger partial charge in [0.15, 0.2) is 0 Å². The van der Waals surface area contributed by atoms with Crippen molar-refractivity contribution in [2.45, 2.75) is 18.3 Å². The van der Waals surface area contributed by atoms with Gasteiger partial charge in [-0.2, -0.15) is 0 Å². The molecule has 0 atom stereocenters. The van der Waals surface area contributed by atoms with Crippen LogP contribution >= 0.6 is 15.9 Å². The van der Waals surface area contributed by atoms with E-state index in [9.17, 15) is 4.79 Å². The molecule has 0 unspecified atom stereocenters. The lowest BCUT2D eigenvalue weighted by molar-refractivity contribution is -0.118. The molecule has 20 heavy (non-hydrogen) atoms. The Morgan fingerprint density at radius 1 is 1.25 bits per heavy atom. The van der Waals surface area contributed by atoms with E-state index in [0.29, 0.717) is 16.0 Å². The minimum atomic E-state index is -0.414. The van der Waals surface area contributed by atoms with Crippen LogP contribution in [0.5, 0.6) is 0 Å². The molecule has 0 radical (unpaired) electrons. The van der Waals surface area contributed by atoms with Crippen LogP contribution in [0.2, 0.25) is 0 Å². The number of pyridine rings is 1. The zero-order chi connectivity index (χ0) is 14.2. The van der Waals surface area contributed by atoms with Crippen LogP contribution in [0.3, 0.4) is 0 Å². The van der Waals surface area contributed by atoms with E-state index in [0.717, 1.165) is 18.4 Å². The zero-order valence-corrected chi connectivity index (χ0v) is 12.4. The largest absolute Gasteiger partial charge is 0.399 e. The lowest BCUT2D eigenvalue weighted by atomic mass is 9.94. The monoisotopic (exact) mass is 331 g/mol. The second kappa shape index (κ2) is 4.90. The van der Waals surface area contributed by atoms with Crippen molar-refractivity contribution in [3.05, 3.63) is 52.8 Å². The van der Waals surface area contributed by atoms with E-state index >= 15 is 0 Å². The molecule has 0 saturated heterocycles. The highest BCUT2D eigenvalue weighted by molar-refractivity contribution is 9.10. The topological polar surface area (TPSA) is 68.0 Å². The molecule has 1 aliphatic rings. The van der Waals surface area contributed by atoms with Gasteiger partial charge >= 0.3 is 0 Å². The van der Waals surface area contributed by atoms with Gasteiger partial charge in [0.05, 0.1) is 11.1 Å². The predicted molar refractivity (Wildman–Crippen MR) is 82.3 cm³/mol. The first-order chi connectivity index (χ1) is 9.62. The van der Waals surface area contributed by atoms with Crippen molar-refractivity contribution in [1.29, 1.82) is 0 Å². The standard InChI is InChI=1S/C15H14BrN3O/c16-13-12(2-1-9-18-13)19-14(20)15(7-8-15)10-3-5-11(17)6-4-10/h1-6,9H,7-8,17H2,(H,19,20). The summed E-state index contributed by atoms with van der Waals surface area (Å²) in [5, 5.41) is 2.95. The van der Waals surface area contributed by atoms with Gasteiger partial charge < -0.3 is 11.1 Å². The van der Waals surface area contributed by atoms with E-state index in [1.165, 1.54) is 0 Å². The number of aromatic nitrogens is 1. The van der Waals surface area contributed by atoms with Gasteiger partial charge in [-0.1, -0.05) is 12.1 Å². The highest BCUT2D eigenvalue weighted by atomic mass is 79.9. The van der Waals surface area contributed by atoms with Crippen LogP contribution in [0.25, 0.3) is 0 Å². The van der Waals surface area contributed by atoms with E-state index in [1.807, 2.05) is 30.3 Å². The Labute approximate surface area is 125 Å². The number of benzene rings is 1. The normalized spacial score (nSPS) is 15.7. The Bertz CT molecular complexity index is 650. The first-order valence-corrected chi connectivity index (χ1v) is 7.19. The van der Waals surface area contributed by atoms with Crippen molar-refractivity contribution in [3.8, 4) is 0 Å². The van der Waals surface area contributed by atoms with E-state index in [4.69, 9.17) is 5.73 Å². The molecule has 1 aromatic heterocycles. The Kier molecular flexibility index (Phi) is 3.22. The minimum absolute atomic E-state index is 0.0102. The number of nitrogen functional groups attached to an aromatic ring is 1. The lowest BCUT2D eigenvalue weighted by Gasteiger charge is -2.16. The number of anilines is 2. The second-order valence-electron chi connectivity index (χ2n) is 5.00. The van der Waals surface area contributed by atoms with Gasteiger partial charge in [0.25, 0.3) is 0 Å². The molecule has 1 aliphatic carbocycles. The van der Waals surface area contributed by atoms with Crippen LogP contribution in [0, 0.1) is 0 Å². The zero-order valence-electron chi connectivity index (χ0n) is 10.8. The number of halogens is 1. The molecule has 0 bridgehead atoms. The Morgan fingerprint density at radius 3 is 2.55 bits per heavy atom. The van der Waals surface area contributed by atoms with Gasteiger partial charge in [0.1, 0.15) is 4.60 Å². The molecular formula is C15H14BrN3O. The molecule has 5 heteroatoms. The van der Waals surface area contributed by atoms with Crippen molar-refractivity contribution in [1.82, 2.24) is 4.98 Å². The van der Waals surface area contributed by atoms with Crippen LogP contribution < -0.4 is 11.1 Å². The van der Waals surface area contributed by atoms with E-state index in [1.54, 1.807) is 12.3 Å². The maximum Gasteiger partial charge on any atom is 0.235 e. The predicted octanol–water partition coefficient (Wildman–Crippen LogP) is 3.10. The fraction of sp³-hybridized carbons (Fsp3) is 0.200. The number of nitrogens with zero attached hydrogens (tertiary/aromatic N) is 1. The summed E-state index contributed by atoms with van der Waals surface area (Å²) in [6, 6.07) is 11.2. The number of carbonyl (C=O) groups is 1. The van der Waals surface area contributed by atoms with Gasteiger partial charge in [-0.15, -0.1) is 0 Å². The Hall–Kier alpha value is -1.88. The minimum Gasteiger partial charge on any atom is -0.399 e. The number of rotatable bonds is 3. The van der Waals surface area contributed by atoms with Crippen LogP contribution in [0.1, 0.15) is 18.4 Å². The summed E-state index contributed by atoms with van der Waals surface area (Å²) < 4.78 is 0.640. The first-order valence-electron chi connectivity index (χ1n) is 6.40. The van der Waals surface area contributed by atoms with E-state index in [2.05, 4.69) is 26.2 Å². The van der Waals surface area contributed by atoms with Crippen LogP contribution in [0.15, 0.2) is 47.2 Å². The van der Waals surface area contributed by atoms with Crippen LogP contribution in [-0.2, 0) is 10.2 Å². The van der Waals surface area contributed by atoms with Gasteiger partial charge in [0.2, 0.25) is 5.91 Å². The molecule has 1 fully saturated rings. The maximum atomic E-state index is 12.5. The summed E-state index contributed by atoms with van der Waals surface area (Å²) in [6.07, 6.45) is 3.40. The smallest absolute Gasteiger partial charge is 0.235 e. The van der Waals surface area contributed by atoms with Crippen molar-refractivity contribution < 1.29 is 4.79 Å². The molecule has 3 rings (SSSR count). The first kappa shape index (κ1) is 13.1. The van der Waals surface area contributed by atoms with Crippen LogP contribution in [0.4, 0.5) is 11.4 Å². The third-order valence-corrected chi connectivity index (χ3v) is 4.29. The quantitative estimate of drug-likeness (QED) is 0.670. The molecule has 4 nitrogen and oxygen atoms in total. The number of amides is 1. The Balaban J connectivity index is 1.84. The highest BCUT2D eigenvalue weighted by Crippen LogP contribution is 2.49. The summed E-state index contributed by atoms with van der Waals surface area (Å²) in [7, 11) is 0. The average Bonchev–Trinajstić information content (AvgIpc) is 3.24. The molecule has 3 N–H and O–H groups in total. The molecule has 0 spiro atoms. The SMILES string of the molecule is Nc1ccc(C2(C(=O)Nc3cccnc3Br)CC2)cc1. The molecule has 2 aromatic rings. The summed E-state index contributed by atoms with van der Waals surface area (Å²) >= 11 is 3.34. The maximum absolute atomic E-state index is 12.5. The van der Waals surface area contributed by atoms with E-state index in [-0.39, 0.29) is 5.91 Å². The third-order valence-electron chi connectivity index (χ3n) is 3.66. The summed E-state index contributed by atoms with van der Waals surface area (Å²) in [5.74, 6) is 0.0102. The molecule has 1 saturated carbocycles. The van der Waals surface area contributed by atoms with Crippen molar-refractivity contribution in [2.24, 2.45) is 0 Å². The van der Waals surface area contributed by atoms with Crippen molar-refractivity contribution in [2.75, 3.05) is 11.1 Å². The average molecular weight is 332 g/mol. The number of hydrogen-bond acceptors (Lipinski definition) is 3. The van der Waals surface area contributed by atoms with Crippen molar-refractivity contribution >= 4 is 33.2 Å². The van der Waals surface area contributed by atoms with Gasteiger partial charge in [0, 0.05) is 11.9 Å². The summed E-state index contributed by atoms with van der Waals surface area (Å²) in [4.78, 5) is 16.6. The molecule has 0 aliphatic heterocycles. The lowest BCUT2D eigenvalue weighted by Crippen LogP contribution is -2.28. The number of nitrogens with one attached hydrogen (secondary N) is 1. The molecule has 1 aromatic carbocycles. The summed E-state index contributed by atoms with van der Waals surface area (Å²) in [5.41, 5.74) is 7.70. The van der Waals surface area contributed by atoms with Gasteiger partial charge in [-0.3, -0.25) is 4.79 Å². The Morgan fingerprint density at radius 2 is 1.95 bits per heavy atom. The highest BCUT2D eigenvalue weighted by Gasteiger charge is 2.51. The van der Waals surface area contributed by atoms with E-state index < -0.39 is 5.41 Å².